The van der Waals surface area contributed by atoms with Gasteiger partial charge in [0.1, 0.15) is 0 Å². The van der Waals surface area contributed by atoms with Gasteiger partial charge in [-0.2, -0.15) is 0 Å². The summed E-state index contributed by atoms with van der Waals surface area (Å²) in [6.45, 7) is 0. The Morgan fingerprint density at radius 2 is 2.00 bits per heavy atom. The second-order valence-corrected chi connectivity index (χ2v) is 6.84. The predicted molar refractivity (Wildman–Crippen MR) is 83.5 cm³/mol. The van der Waals surface area contributed by atoms with Gasteiger partial charge < -0.3 is 0 Å². The molecule has 1 aromatic carbocycles. The first kappa shape index (κ1) is 14.9. The zero-order valence-electron chi connectivity index (χ0n) is 11.8. The van der Waals surface area contributed by atoms with E-state index in [1.165, 1.54) is 15.6 Å². The zero-order chi connectivity index (χ0) is 14.9. The van der Waals surface area contributed by atoms with Crippen LogP contribution in [0.5, 0.6) is 0 Å². The number of nitrogens with two attached hydrogens (primary N) is 1. The number of hydrogen-bond acceptors (Lipinski definition) is 3. The molecule has 3 N–H and O–H groups in total. The van der Waals surface area contributed by atoms with Crippen molar-refractivity contribution < 1.29 is 8.78 Å². The molecule has 114 valence electrons. The summed E-state index contributed by atoms with van der Waals surface area (Å²) in [4.78, 5) is 0. The summed E-state index contributed by atoms with van der Waals surface area (Å²) in [6, 6.07) is 8.35. The largest absolute Gasteiger partial charge is 0.271 e. The Kier molecular flexibility index (Phi) is 4.24. The maximum Gasteiger partial charge on any atom is 0.248 e. The van der Waals surface area contributed by atoms with Crippen molar-refractivity contribution in [3.05, 3.63) is 35.2 Å². The van der Waals surface area contributed by atoms with Gasteiger partial charge in [0.05, 0.1) is 0 Å². The maximum absolute atomic E-state index is 13.3. The van der Waals surface area contributed by atoms with Gasteiger partial charge in [0.25, 0.3) is 0 Å². The van der Waals surface area contributed by atoms with Gasteiger partial charge in [0.2, 0.25) is 5.92 Å². The smallest absolute Gasteiger partial charge is 0.248 e. The Hall–Kier alpha value is -1.04. The van der Waals surface area contributed by atoms with Gasteiger partial charge in [-0.15, -0.1) is 11.3 Å². The van der Waals surface area contributed by atoms with Crippen LogP contribution in [0.25, 0.3) is 10.1 Å². The SMILES string of the molecule is NNC(Cc1csc2ccccc12)C1CCC(F)(F)CC1. The standard InChI is InChI=1S/C16H20F2N2S/c17-16(18)7-5-11(6-8-16)14(20-19)9-12-10-21-15-4-2-1-3-13(12)15/h1-4,10-11,14,20H,5-9,19H2. The first-order valence-corrected chi connectivity index (χ1v) is 8.26. The van der Waals surface area contributed by atoms with Crippen molar-refractivity contribution in [3.8, 4) is 0 Å². The van der Waals surface area contributed by atoms with E-state index in [9.17, 15) is 8.78 Å². The van der Waals surface area contributed by atoms with Crippen LogP contribution in [-0.4, -0.2) is 12.0 Å². The molecule has 1 atom stereocenters. The van der Waals surface area contributed by atoms with E-state index in [0.29, 0.717) is 12.8 Å². The number of rotatable bonds is 4. The van der Waals surface area contributed by atoms with Crippen molar-refractivity contribution in [2.45, 2.75) is 44.1 Å². The molecule has 5 heteroatoms. The molecule has 0 aliphatic heterocycles. The first-order valence-electron chi connectivity index (χ1n) is 7.38. The minimum atomic E-state index is -2.48. The molecule has 0 bridgehead atoms. The lowest BCUT2D eigenvalue weighted by atomic mass is 9.80. The molecule has 1 aliphatic rings. The van der Waals surface area contributed by atoms with Crippen LogP contribution < -0.4 is 11.3 Å². The van der Waals surface area contributed by atoms with Gasteiger partial charge in [-0.1, -0.05) is 18.2 Å². The monoisotopic (exact) mass is 310 g/mol. The molecular formula is C16H20F2N2S. The minimum Gasteiger partial charge on any atom is -0.271 e. The summed E-state index contributed by atoms with van der Waals surface area (Å²) in [7, 11) is 0. The van der Waals surface area contributed by atoms with Crippen molar-refractivity contribution in [2.75, 3.05) is 0 Å². The summed E-state index contributed by atoms with van der Waals surface area (Å²) in [5.41, 5.74) is 4.12. The highest BCUT2D eigenvalue weighted by atomic mass is 32.1. The molecule has 0 amide bonds. The third kappa shape index (κ3) is 3.25. The van der Waals surface area contributed by atoms with Crippen molar-refractivity contribution in [1.29, 1.82) is 0 Å². The molecule has 0 radical (unpaired) electrons. The topological polar surface area (TPSA) is 38.0 Å². The first-order chi connectivity index (χ1) is 10.1. The summed E-state index contributed by atoms with van der Waals surface area (Å²) >= 11 is 1.72. The molecule has 2 nitrogen and oxygen atoms in total. The summed E-state index contributed by atoms with van der Waals surface area (Å²) < 4.78 is 27.8. The van der Waals surface area contributed by atoms with Gasteiger partial charge in [0.15, 0.2) is 0 Å². The van der Waals surface area contributed by atoms with Crippen LogP contribution in [0.3, 0.4) is 0 Å². The molecule has 0 saturated heterocycles. The Balaban J connectivity index is 1.73. The number of thiophene rings is 1. The van der Waals surface area contributed by atoms with Crippen molar-refractivity contribution in [3.63, 3.8) is 0 Å². The van der Waals surface area contributed by atoms with E-state index in [-0.39, 0.29) is 24.8 Å². The fourth-order valence-electron chi connectivity index (χ4n) is 3.25. The van der Waals surface area contributed by atoms with E-state index < -0.39 is 5.92 Å². The lowest BCUT2D eigenvalue weighted by molar-refractivity contribution is -0.0495. The number of hydrogen-bond donors (Lipinski definition) is 2. The second kappa shape index (κ2) is 5.99. The van der Waals surface area contributed by atoms with Crippen molar-refractivity contribution in [2.24, 2.45) is 11.8 Å². The Bertz CT molecular complexity index is 601. The number of nitrogens with one attached hydrogen (secondary N) is 1. The molecule has 1 unspecified atom stereocenters. The Morgan fingerprint density at radius 3 is 2.71 bits per heavy atom. The fourth-order valence-corrected chi connectivity index (χ4v) is 4.23. The van der Waals surface area contributed by atoms with E-state index in [2.05, 4.69) is 22.9 Å². The van der Waals surface area contributed by atoms with E-state index in [1.807, 2.05) is 12.1 Å². The normalized spacial score (nSPS) is 20.7. The van der Waals surface area contributed by atoms with Crippen molar-refractivity contribution >= 4 is 21.4 Å². The van der Waals surface area contributed by atoms with Crippen LogP contribution >= 0.6 is 11.3 Å². The van der Waals surface area contributed by atoms with Crippen LogP contribution in [0.15, 0.2) is 29.6 Å². The Morgan fingerprint density at radius 1 is 1.29 bits per heavy atom. The third-order valence-electron chi connectivity index (χ3n) is 4.55. The van der Waals surface area contributed by atoms with E-state index in [4.69, 9.17) is 5.84 Å². The van der Waals surface area contributed by atoms with Gasteiger partial charge in [-0.05, 0) is 47.6 Å². The average molecular weight is 310 g/mol. The number of benzene rings is 1. The lowest BCUT2D eigenvalue weighted by Crippen LogP contribution is -2.44. The van der Waals surface area contributed by atoms with E-state index >= 15 is 0 Å². The van der Waals surface area contributed by atoms with Gasteiger partial charge >= 0.3 is 0 Å². The van der Waals surface area contributed by atoms with E-state index in [0.717, 1.165) is 6.42 Å². The van der Waals surface area contributed by atoms with E-state index in [1.54, 1.807) is 11.3 Å². The molecule has 1 fully saturated rings. The van der Waals surface area contributed by atoms with Crippen molar-refractivity contribution in [1.82, 2.24) is 5.43 Å². The number of hydrazine groups is 1. The summed E-state index contributed by atoms with van der Waals surface area (Å²) in [5.74, 6) is 3.45. The third-order valence-corrected chi connectivity index (χ3v) is 5.56. The highest BCUT2D eigenvalue weighted by Crippen LogP contribution is 2.38. The fraction of sp³-hybridized carbons (Fsp3) is 0.500. The molecule has 1 saturated carbocycles. The van der Waals surface area contributed by atoms with Gasteiger partial charge in [-0.3, -0.25) is 11.3 Å². The summed E-state index contributed by atoms with van der Waals surface area (Å²) in [5, 5.41) is 3.41. The molecule has 1 aliphatic carbocycles. The molecule has 1 aromatic heterocycles. The molecule has 0 spiro atoms. The van der Waals surface area contributed by atoms with Gasteiger partial charge in [0, 0.05) is 23.6 Å². The van der Waals surface area contributed by atoms with Crippen LogP contribution in [0.4, 0.5) is 8.78 Å². The van der Waals surface area contributed by atoms with Crippen LogP contribution in [0, 0.1) is 5.92 Å². The van der Waals surface area contributed by atoms with Crippen LogP contribution in [-0.2, 0) is 6.42 Å². The van der Waals surface area contributed by atoms with Crippen LogP contribution in [0.1, 0.15) is 31.2 Å². The second-order valence-electron chi connectivity index (χ2n) is 5.93. The molecular weight excluding hydrogens is 290 g/mol. The molecule has 21 heavy (non-hydrogen) atoms. The number of fused-ring (bicyclic) bond motifs is 1. The zero-order valence-corrected chi connectivity index (χ0v) is 12.6. The molecule has 1 heterocycles. The quantitative estimate of drug-likeness (QED) is 0.659. The molecule has 3 rings (SSSR count). The van der Waals surface area contributed by atoms with Gasteiger partial charge in [-0.25, -0.2) is 8.78 Å². The number of halogens is 2. The average Bonchev–Trinajstić information content (AvgIpc) is 2.88. The highest BCUT2D eigenvalue weighted by Gasteiger charge is 2.37. The minimum absolute atomic E-state index is 0.0137. The molecule has 2 aromatic rings. The summed E-state index contributed by atoms with van der Waals surface area (Å²) in [6.07, 6.45) is 1.87. The van der Waals surface area contributed by atoms with Crippen LogP contribution in [0.2, 0.25) is 0 Å². The Labute approximate surface area is 127 Å². The predicted octanol–water partition coefficient (Wildman–Crippen LogP) is 4.10. The lowest BCUT2D eigenvalue weighted by Gasteiger charge is -2.33. The highest BCUT2D eigenvalue weighted by molar-refractivity contribution is 7.17. The number of alkyl halides is 2. The maximum atomic E-state index is 13.3.